The Balaban J connectivity index is 1.63. The first kappa shape index (κ1) is 20.7. The van der Waals surface area contributed by atoms with Crippen molar-refractivity contribution in [2.75, 3.05) is 7.11 Å². The van der Waals surface area contributed by atoms with E-state index >= 15 is 0 Å². The van der Waals surface area contributed by atoms with Gasteiger partial charge in [-0.1, -0.05) is 48.5 Å². The number of rotatable bonds is 6. The number of amides is 1. The molecular formula is C24H18N4O4. The molecule has 0 aliphatic heterocycles. The Morgan fingerprint density at radius 2 is 1.81 bits per heavy atom. The van der Waals surface area contributed by atoms with Crippen molar-refractivity contribution >= 4 is 28.7 Å². The van der Waals surface area contributed by atoms with Crippen LogP contribution in [0.2, 0.25) is 0 Å². The number of carbonyl (C=O) groups excluding carboxylic acids is 1. The summed E-state index contributed by atoms with van der Waals surface area (Å²) < 4.78 is 4.99. The molecule has 0 spiro atoms. The molecule has 0 atom stereocenters. The molecule has 8 nitrogen and oxygen atoms in total. The van der Waals surface area contributed by atoms with E-state index in [9.17, 15) is 14.9 Å². The van der Waals surface area contributed by atoms with Gasteiger partial charge in [0.25, 0.3) is 5.91 Å². The van der Waals surface area contributed by atoms with Gasteiger partial charge in [0.05, 0.1) is 35.0 Å². The van der Waals surface area contributed by atoms with Crippen LogP contribution in [0.15, 0.2) is 84.0 Å². The second kappa shape index (κ2) is 9.05. The molecule has 158 valence electrons. The summed E-state index contributed by atoms with van der Waals surface area (Å²) in [6, 6.07) is 23.1. The minimum atomic E-state index is -0.539. The number of nitrogens with one attached hydrogen (secondary N) is 1. The molecule has 0 unspecified atom stereocenters. The number of nitro benzene ring substituents is 1. The second-order valence-electron chi connectivity index (χ2n) is 6.83. The average Bonchev–Trinajstić information content (AvgIpc) is 2.83. The van der Waals surface area contributed by atoms with Crippen LogP contribution in [0.3, 0.4) is 0 Å². The summed E-state index contributed by atoms with van der Waals surface area (Å²) in [5.41, 5.74) is 5.43. The van der Waals surface area contributed by atoms with Gasteiger partial charge < -0.3 is 4.74 Å². The summed E-state index contributed by atoms with van der Waals surface area (Å²) in [5, 5.41) is 15.8. The van der Waals surface area contributed by atoms with E-state index in [0.717, 1.165) is 5.56 Å². The van der Waals surface area contributed by atoms with Crippen molar-refractivity contribution in [3.05, 3.63) is 100 Å². The van der Waals surface area contributed by atoms with Gasteiger partial charge in [-0.2, -0.15) is 5.10 Å². The molecule has 0 fully saturated rings. The maximum Gasteiger partial charge on any atom is 0.311 e. The van der Waals surface area contributed by atoms with Crippen LogP contribution < -0.4 is 10.2 Å². The van der Waals surface area contributed by atoms with Crippen LogP contribution in [-0.2, 0) is 0 Å². The van der Waals surface area contributed by atoms with Crippen molar-refractivity contribution in [2.24, 2.45) is 5.10 Å². The first-order chi connectivity index (χ1) is 15.6. The van der Waals surface area contributed by atoms with E-state index in [1.54, 1.807) is 12.1 Å². The van der Waals surface area contributed by atoms with Gasteiger partial charge in [-0.05, 0) is 24.3 Å². The Bertz CT molecular complexity index is 1340. The molecule has 8 heteroatoms. The fourth-order valence-electron chi connectivity index (χ4n) is 3.28. The van der Waals surface area contributed by atoms with Gasteiger partial charge in [0, 0.05) is 22.6 Å². The number of para-hydroxylation sites is 1. The topological polar surface area (TPSA) is 107 Å². The van der Waals surface area contributed by atoms with Crippen molar-refractivity contribution in [2.45, 2.75) is 0 Å². The summed E-state index contributed by atoms with van der Waals surface area (Å²) >= 11 is 0. The Morgan fingerprint density at radius 3 is 2.56 bits per heavy atom. The highest BCUT2D eigenvalue weighted by molar-refractivity contribution is 6.07. The van der Waals surface area contributed by atoms with Gasteiger partial charge >= 0.3 is 5.69 Å². The van der Waals surface area contributed by atoms with Crippen molar-refractivity contribution in [1.29, 1.82) is 0 Å². The zero-order valence-electron chi connectivity index (χ0n) is 17.1. The zero-order chi connectivity index (χ0) is 22.5. The molecule has 3 aromatic carbocycles. The van der Waals surface area contributed by atoms with Crippen LogP contribution in [0.1, 0.15) is 15.9 Å². The lowest BCUT2D eigenvalue weighted by Gasteiger charge is -2.09. The molecule has 1 aromatic heterocycles. The average molecular weight is 426 g/mol. The zero-order valence-corrected chi connectivity index (χ0v) is 17.1. The molecule has 0 saturated heterocycles. The van der Waals surface area contributed by atoms with Gasteiger partial charge in [-0.25, -0.2) is 10.4 Å². The third-order valence-corrected chi connectivity index (χ3v) is 4.81. The van der Waals surface area contributed by atoms with Crippen molar-refractivity contribution in [3.63, 3.8) is 0 Å². The number of fused-ring (bicyclic) bond motifs is 1. The fourth-order valence-corrected chi connectivity index (χ4v) is 3.28. The third kappa shape index (κ3) is 4.29. The smallest absolute Gasteiger partial charge is 0.311 e. The molecule has 0 bridgehead atoms. The van der Waals surface area contributed by atoms with E-state index in [0.29, 0.717) is 27.7 Å². The molecular weight excluding hydrogens is 408 g/mol. The second-order valence-corrected chi connectivity index (χ2v) is 6.83. The third-order valence-electron chi connectivity index (χ3n) is 4.81. The van der Waals surface area contributed by atoms with Crippen LogP contribution in [0.5, 0.6) is 5.75 Å². The number of ether oxygens (including phenoxy) is 1. The predicted molar refractivity (Wildman–Crippen MR) is 122 cm³/mol. The van der Waals surface area contributed by atoms with Gasteiger partial charge in [0.1, 0.15) is 0 Å². The van der Waals surface area contributed by atoms with E-state index in [1.807, 2.05) is 54.6 Å². The number of pyridine rings is 1. The molecule has 0 aliphatic carbocycles. The van der Waals surface area contributed by atoms with Crippen LogP contribution in [0.4, 0.5) is 5.69 Å². The van der Waals surface area contributed by atoms with Crippen molar-refractivity contribution < 1.29 is 14.5 Å². The summed E-state index contributed by atoms with van der Waals surface area (Å²) in [7, 11) is 1.36. The molecule has 4 rings (SSSR count). The normalized spacial score (nSPS) is 10.9. The van der Waals surface area contributed by atoms with Gasteiger partial charge in [-0.3, -0.25) is 14.9 Å². The Hall–Kier alpha value is -4.59. The summed E-state index contributed by atoms with van der Waals surface area (Å²) in [6.45, 7) is 0. The lowest BCUT2D eigenvalue weighted by Crippen LogP contribution is -2.18. The number of hydrogen-bond donors (Lipinski definition) is 1. The number of nitro groups is 1. The Kier molecular flexibility index (Phi) is 5.85. The number of nitrogens with zero attached hydrogens (tertiary/aromatic N) is 3. The summed E-state index contributed by atoms with van der Waals surface area (Å²) in [5.74, 6) is -0.270. The van der Waals surface area contributed by atoms with Crippen LogP contribution in [0, 0.1) is 10.1 Å². The Labute approximate surface area is 183 Å². The first-order valence-corrected chi connectivity index (χ1v) is 9.68. The lowest BCUT2D eigenvalue weighted by molar-refractivity contribution is -0.385. The fraction of sp³-hybridized carbons (Fsp3) is 0.0417. The molecule has 1 amide bonds. The number of hydrazone groups is 1. The number of methoxy groups -OCH3 is 1. The molecule has 32 heavy (non-hydrogen) atoms. The lowest BCUT2D eigenvalue weighted by atomic mass is 10.0. The van der Waals surface area contributed by atoms with E-state index in [-0.39, 0.29) is 11.4 Å². The molecule has 0 saturated carbocycles. The number of hydrogen-bond acceptors (Lipinski definition) is 6. The molecule has 0 aliphatic rings. The van der Waals surface area contributed by atoms with Gasteiger partial charge in [0.2, 0.25) is 0 Å². The monoisotopic (exact) mass is 426 g/mol. The highest BCUT2D eigenvalue weighted by atomic mass is 16.6. The van der Waals surface area contributed by atoms with Crippen LogP contribution in [0.25, 0.3) is 22.2 Å². The van der Waals surface area contributed by atoms with Crippen LogP contribution in [-0.4, -0.2) is 29.1 Å². The molecule has 1 heterocycles. The maximum absolute atomic E-state index is 12.9. The van der Waals surface area contributed by atoms with Gasteiger partial charge in [-0.15, -0.1) is 0 Å². The quantitative estimate of drug-likeness (QED) is 0.276. The Morgan fingerprint density at radius 1 is 1.06 bits per heavy atom. The van der Waals surface area contributed by atoms with E-state index in [4.69, 9.17) is 4.74 Å². The molecule has 4 aromatic rings. The highest BCUT2D eigenvalue weighted by Gasteiger charge is 2.15. The van der Waals surface area contributed by atoms with Crippen LogP contribution >= 0.6 is 0 Å². The van der Waals surface area contributed by atoms with Gasteiger partial charge in [0.15, 0.2) is 5.75 Å². The van der Waals surface area contributed by atoms with E-state index < -0.39 is 10.8 Å². The first-order valence-electron chi connectivity index (χ1n) is 9.68. The molecule has 0 radical (unpaired) electrons. The number of aromatic nitrogens is 1. The predicted octanol–water partition coefficient (Wildman–Crippen LogP) is 4.58. The number of carbonyl (C=O) groups is 1. The minimum Gasteiger partial charge on any atom is -0.490 e. The maximum atomic E-state index is 12.9. The minimum absolute atomic E-state index is 0.146. The van der Waals surface area contributed by atoms with E-state index in [2.05, 4.69) is 15.5 Å². The highest BCUT2D eigenvalue weighted by Crippen LogP contribution is 2.27. The molecule has 1 N–H and O–H groups in total. The largest absolute Gasteiger partial charge is 0.490 e. The standard InChI is InChI=1S/C24H18N4O4/c1-32-23-12-11-16(13-22(23)28(30)31)15-25-27-24(29)19-14-21(17-7-3-2-4-8-17)26-20-10-6-5-9-18(19)20/h2-15H,1H3,(H,27,29)/b25-15+. The van der Waals surface area contributed by atoms with E-state index in [1.165, 1.54) is 25.5 Å². The summed E-state index contributed by atoms with van der Waals surface area (Å²) in [6.07, 6.45) is 1.34. The van der Waals surface area contributed by atoms with Crippen molar-refractivity contribution in [1.82, 2.24) is 10.4 Å². The van der Waals surface area contributed by atoms with Crippen molar-refractivity contribution in [3.8, 4) is 17.0 Å². The number of benzene rings is 3. The SMILES string of the molecule is COc1ccc(/C=N/NC(=O)c2cc(-c3ccccc3)nc3ccccc23)cc1[N+](=O)[O-]. The summed E-state index contributed by atoms with van der Waals surface area (Å²) in [4.78, 5) is 28.2.